The summed E-state index contributed by atoms with van der Waals surface area (Å²) in [6.07, 6.45) is 2.66. The van der Waals surface area contributed by atoms with E-state index in [2.05, 4.69) is 0 Å². The van der Waals surface area contributed by atoms with Gasteiger partial charge < -0.3 is 36.9 Å². The van der Waals surface area contributed by atoms with Gasteiger partial charge in [0.1, 0.15) is 0 Å². The molecular weight excluding hydrogens is 259 g/mol. The van der Waals surface area contributed by atoms with Gasteiger partial charge in [0.2, 0.25) is 6.23 Å². The molecule has 1 N–H and O–H groups in total. The van der Waals surface area contributed by atoms with Crippen molar-refractivity contribution in [1.82, 2.24) is 9.80 Å². The summed E-state index contributed by atoms with van der Waals surface area (Å²) in [6, 6.07) is 0. The lowest BCUT2D eigenvalue weighted by Gasteiger charge is -2.24. The van der Waals surface area contributed by atoms with Crippen LogP contribution in [0.4, 0.5) is 17.3 Å². The standard InChI is InChI=1S/C8H14N2O3.BF4/c1-3-13-7(8(11)12)10-5-4-9(2)6-10;2-1(3,4)5/h4-5,7H,3,6H2,1-2H3,(H,11,12);/q;-1. The minimum absolute atomic E-state index is 0.394. The van der Waals surface area contributed by atoms with Gasteiger partial charge in [-0.2, -0.15) is 0 Å². The fraction of sp³-hybridized carbons (Fsp3) is 0.625. The van der Waals surface area contributed by atoms with Gasteiger partial charge in [-0.1, -0.05) is 0 Å². The lowest BCUT2D eigenvalue weighted by molar-refractivity contribution is -0.161. The van der Waals surface area contributed by atoms with Crippen LogP contribution in [0.15, 0.2) is 12.4 Å². The van der Waals surface area contributed by atoms with Crippen molar-refractivity contribution in [1.29, 1.82) is 0 Å². The van der Waals surface area contributed by atoms with Crippen LogP contribution in [0.2, 0.25) is 0 Å². The molecule has 0 saturated carbocycles. The number of halogens is 4. The monoisotopic (exact) mass is 273 g/mol. The first-order chi connectivity index (χ1) is 8.15. The Morgan fingerprint density at radius 1 is 1.44 bits per heavy atom. The maximum absolute atomic E-state index is 10.8. The molecule has 1 heterocycles. The van der Waals surface area contributed by atoms with Crippen molar-refractivity contribution in [3.8, 4) is 0 Å². The van der Waals surface area contributed by atoms with Gasteiger partial charge in [-0.3, -0.25) is 0 Å². The van der Waals surface area contributed by atoms with Crippen LogP contribution in [0.1, 0.15) is 6.92 Å². The molecule has 1 unspecified atom stereocenters. The number of nitrogens with zero attached hydrogens (tertiary/aromatic N) is 2. The van der Waals surface area contributed by atoms with Crippen LogP contribution >= 0.6 is 0 Å². The molecule has 0 amide bonds. The van der Waals surface area contributed by atoms with Crippen molar-refractivity contribution < 1.29 is 31.9 Å². The first kappa shape index (κ1) is 16.6. The van der Waals surface area contributed by atoms with E-state index in [-0.39, 0.29) is 0 Å². The summed E-state index contributed by atoms with van der Waals surface area (Å²) < 4.78 is 44.1. The summed E-state index contributed by atoms with van der Waals surface area (Å²) >= 11 is 0. The fourth-order valence-electron chi connectivity index (χ4n) is 1.17. The Hall–Kier alpha value is -1.45. The molecule has 0 saturated heterocycles. The Morgan fingerprint density at radius 2 is 1.94 bits per heavy atom. The molecular formula is C8H14BF4N2O3-. The van der Waals surface area contributed by atoms with Crippen molar-refractivity contribution in [2.24, 2.45) is 0 Å². The highest BCUT2D eigenvalue weighted by Gasteiger charge is 2.26. The van der Waals surface area contributed by atoms with E-state index >= 15 is 0 Å². The Balaban J connectivity index is 0.000000494. The molecule has 1 aliphatic rings. The van der Waals surface area contributed by atoms with Gasteiger partial charge >= 0.3 is 13.2 Å². The number of hydrogen-bond donors (Lipinski definition) is 1. The molecule has 0 bridgehead atoms. The van der Waals surface area contributed by atoms with Crippen LogP contribution in [0.25, 0.3) is 0 Å². The molecule has 0 aliphatic carbocycles. The van der Waals surface area contributed by atoms with E-state index in [1.54, 1.807) is 18.0 Å². The third-order valence-electron chi connectivity index (χ3n) is 1.74. The number of carboxylic acid groups (broad SMARTS) is 1. The maximum Gasteiger partial charge on any atom is 0.673 e. The van der Waals surface area contributed by atoms with Gasteiger partial charge in [0.25, 0.3) is 0 Å². The molecule has 0 spiro atoms. The highest BCUT2D eigenvalue weighted by Crippen LogP contribution is 2.10. The van der Waals surface area contributed by atoms with E-state index in [1.165, 1.54) is 0 Å². The maximum atomic E-state index is 10.8. The molecule has 1 atom stereocenters. The third-order valence-corrected chi connectivity index (χ3v) is 1.74. The molecule has 18 heavy (non-hydrogen) atoms. The van der Waals surface area contributed by atoms with Crippen LogP contribution in [0, 0.1) is 0 Å². The number of carboxylic acids is 1. The fourth-order valence-corrected chi connectivity index (χ4v) is 1.17. The van der Waals surface area contributed by atoms with Gasteiger partial charge in [-0.05, 0) is 6.92 Å². The number of hydrogen-bond acceptors (Lipinski definition) is 4. The van der Waals surface area contributed by atoms with Crippen LogP contribution in [-0.4, -0.2) is 54.7 Å². The number of rotatable bonds is 4. The second kappa shape index (κ2) is 7.09. The van der Waals surface area contributed by atoms with E-state index in [9.17, 15) is 22.1 Å². The van der Waals surface area contributed by atoms with E-state index < -0.39 is 19.5 Å². The van der Waals surface area contributed by atoms with Crippen molar-refractivity contribution >= 4 is 13.2 Å². The SMILES string of the molecule is CCOC(C(=O)O)N1C=CN(C)C1.F[B-](F)(F)F. The van der Waals surface area contributed by atoms with Crippen LogP contribution in [-0.2, 0) is 9.53 Å². The largest absolute Gasteiger partial charge is 0.673 e. The molecule has 0 fully saturated rings. The van der Waals surface area contributed by atoms with E-state index in [0.717, 1.165) is 0 Å². The molecule has 0 aromatic carbocycles. The summed E-state index contributed by atoms with van der Waals surface area (Å²) in [4.78, 5) is 14.3. The molecule has 5 nitrogen and oxygen atoms in total. The lowest BCUT2D eigenvalue weighted by atomic mass is 10.3. The second-order valence-electron chi connectivity index (χ2n) is 3.35. The van der Waals surface area contributed by atoms with Crippen LogP contribution in [0.5, 0.6) is 0 Å². The first-order valence-corrected chi connectivity index (χ1v) is 5.01. The van der Waals surface area contributed by atoms with E-state index in [1.807, 2.05) is 18.1 Å². The molecule has 1 rings (SSSR count). The minimum Gasteiger partial charge on any atom is -0.478 e. The smallest absolute Gasteiger partial charge is 0.478 e. The average Bonchev–Trinajstić information content (AvgIpc) is 2.57. The van der Waals surface area contributed by atoms with Crippen molar-refractivity contribution in [2.75, 3.05) is 20.3 Å². The van der Waals surface area contributed by atoms with Crippen molar-refractivity contribution in [3.05, 3.63) is 12.4 Å². The zero-order valence-corrected chi connectivity index (χ0v) is 9.89. The molecule has 10 heteroatoms. The number of aliphatic carboxylic acids is 1. The number of carbonyl (C=O) groups is 1. The average molecular weight is 273 g/mol. The Kier molecular flexibility index (Phi) is 6.52. The first-order valence-electron chi connectivity index (χ1n) is 5.01. The highest BCUT2D eigenvalue weighted by molar-refractivity contribution is 6.50. The minimum atomic E-state index is -6.00. The molecule has 0 aromatic heterocycles. The Labute approximate surface area is 102 Å². The summed E-state index contributed by atoms with van der Waals surface area (Å²) in [7, 11) is -4.12. The predicted octanol–water partition coefficient (Wildman–Crippen LogP) is 1.41. The van der Waals surface area contributed by atoms with Crippen molar-refractivity contribution in [2.45, 2.75) is 13.2 Å². The lowest BCUT2D eigenvalue weighted by Crippen LogP contribution is -2.40. The molecule has 0 aromatic rings. The Bertz CT molecular complexity index is 295. The molecule has 106 valence electrons. The summed E-state index contributed by atoms with van der Waals surface area (Å²) in [5, 5.41) is 8.83. The Morgan fingerprint density at radius 3 is 2.22 bits per heavy atom. The van der Waals surface area contributed by atoms with Gasteiger partial charge in [-0.15, -0.1) is 0 Å². The summed E-state index contributed by atoms with van der Waals surface area (Å²) in [6.45, 7) is 2.72. The quantitative estimate of drug-likeness (QED) is 0.620. The van der Waals surface area contributed by atoms with Gasteiger partial charge in [0.05, 0.1) is 6.67 Å². The summed E-state index contributed by atoms with van der Waals surface area (Å²) in [5.41, 5.74) is 0. The van der Waals surface area contributed by atoms with Gasteiger partial charge in [0, 0.05) is 26.1 Å². The zero-order chi connectivity index (χ0) is 14.3. The topological polar surface area (TPSA) is 53.0 Å². The number of ether oxygens (including phenoxy) is 1. The molecule has 1 aliphatic heterocycles. The molecule has 0 radical (unpaired) electrons. The van der Waals surface area contributed by atoms with E-state index in [4.69, 9.17) is 9.84 Å². The zero-order valence-electron chi connectivity index (χ0n) is 9.89. The van der Waals surface area contributed by atoms with Crippen LogP contribution in [0.3, 0.4) is 0 Å². The highest BCUT2D eigenvalue weighted by atomic mass is 19.5. The van der Waals surface area contributed by atoms with Crippen molar-refractivity contribution in [3.63, 3.8) is 0 Å². The summed E-state index contributed by atoms with van der Waals surface area (Å²) in [5.74, 6) is -0.957. The van der Waals surface area contributed by atoms with E-state index in [0.29, 0.717) is 13.3 Å². The predicted molar refractivity (Wildman–Crippen MR) is 56.8 cm³/mol. The normalized spacial score (nSPS) is 16.3. The van der Waals surface area contributed by atoms with Gasteiger partial charge in [0.15, 0.2) is 0 Å². The van der Waals surface area contributed by atoms with Gasteiger partial charge in [-0.25, -0.2) is 4.79 Å². The second-order valence-corrected chi connectivity index (χ2v) is 3.35. The van der Waals surface area contributed by atoms with Crippen LogP contribution < -0.4 is 0 Å². The third kappa shape index (κ3) is 7.77.